The highest BCUT2D eigenvalue weighted by atomic mass is 32.1. The quantitative estimate of drug-likeness (QED) is 0.695. The molecule has 17 heavy (non-hydrogen) atoms. The van der Waals surface area contributed by atoms with Crippen LogP contribution in [-0.4, -0.2) is 9.55 Å². The number of fused-ring (bicyclic) bond motifs is 1. The maximum Gasteiger partial charge on any atom is 0.178 e. The van der Waals surface area contributed by atoms with Crippen molar-refractivity contribution in [2.75, 3.05) is 0 Å². The molecule has 0 radical (unpaired) electrons. The van der Waals surface area contributed by atoms with Gasteiger partial charge in [-0.05, 0) is 52.8 Å². The second kappa shape index (κ2) is 4.09. The summed E-state index contributed by atoms with van der Waals surface area (Å²) in [5, 5.41) is 4.12. The predicted octanol–water partition coefficient (Wildman–Crippen LogP) is 3.95. The predicted molar refractivity (Wildman–Crippen MR) is 70.5 cm³/mol. The minimum Gasteiger partial charge on any atom is -0.330 e. The number of rotatable bonds is 2. The van der Waals surface area contributed by atoms with Crippen molar-refractivity contribution < 1.29 is 4.39 Å². The van der Waals surface area contributed by atoms with E-state index in [9.17, 15) is 4.39 Å². The van der Waals surface area contributed by atoms with Gasteiger partial charge in [0.15, 0.2) is 4.77 Å². The second-order valence-corrected chi connectivity index (χ2v) is 4.98. The van der Waals surface area contributed by atoms with Crippen molar-refractivity contribution in [1.29, 1.82) is 0 Å². The Balaban J connectivity index is 2.16. The Morgan fingerprint density at radius 3 is 3.00 bits per heavy atom. The summed E-state index contributed by atoms with van der Waals surface area (Å²) < 4.78 is 15.7. The molecule has 2 heterocycles. The van der Waals surface area contributed by atoms with Gasteiger partial charge in [0.05, 0.1) is 17.6 Å². The summed E-state index contributed by atoms with van der Waals surface area (Å²) in [5.74, 6) is -0.253. The van der Waals surface area contributed by atoms with E-state index in [0.717, 1.165) is 11.0 Å². The summed E-state index contributed by atoms with van der Waals surface area (Å²) in [7, 11) is 0. The van der Waals surface area contributed by atoms with Crippen molar-refractivity contribution >= 4 is 34.6 Å². The van der Waals surface area contributed by atoms with Crippen molar-refractivity contribution in [1.82, 2.24) is 9.55 Å². The molecule has 0 saturated heterocycles. The summed E-state index contributed by atoms with van der Waals surface area (Å²) in [6, 6.07) is 6.74. The molecular formula is C12H9FN2S2. The average molecular weight is 264 g/mol. The van der Waals surface area contributed by atoms with Crippen LogP contribution >= 0.6 is 23.6 Å². The van der Waals surface area contributed by atoms with E-state index in [2.05, 4.69) is 16.4 Å². The maximum atomic E-state index is 13.1. The zero-order valence-electron chi connectivity index (χ0n) is 8.81. The van der Waals surface area contributed by atoms with E-state index in [4.69, 9.17) is 12.2 Å². The fourth-order valence-corrected chi connectivity index (χ4v) is 2.79. The van der Waals surface area contributed by atoms with Gasteiger partial charge in [-0.3, -0.25) is 0 Å². The Morgan fingerprint density at radius 1 is 1.35 bits per heavy atom. The molecule has 0 aliphatic carbocycles. The third kappa shape index (κ3) is 1.92. The lowest BCUT2D eigenvalue weighted by Gasteiger charge is -2.02. The van der Waals surface area contributed by atoms with Crippen molar-refractivity contribution in [2.45, 2.75) is 6.54 Å². The topological polar surface area (TPSA) is 20.7 Å². The third-order valence-corrected chi connectivity index (χ3v) is 3.71. The Bertz CT molecular complexity index is 710. The number of benzene rings is 1. The van der Waals surface area contributed by atoms with Crippen LogP contribution < -0.4 is 0 Å². The number of hydrogen-bond donors (Lipinski definition) is 1. The SMILES string of the molecule is Fc1ccc2c(c1)[nH]c(=S)n2Cc1ccsc1. The lowest BCUT2D eigenvalue weighted by molar-refractivity contribution is 0.629. The van der Waals surface area contributed by atoms with Crippen LogP contribution in [0, 0.1) is 10.6 Å². The molecule has 1 N–H and O–H groups in total. The van der Waals surface area contributed by atoms with Gasteiger partial charge in [-0.2, -0.15) is 11.3 Å². The maximum absolute atomic E-state index is 13.1. The highest BCUT2D eigenvalue weighted by molar-refractivity contribution is 7.71. The zero-order valence-corrected chi connectivity index (χ0v) is 10.4. The van der Waals surface area contributed by atoms with Gasteiger partial charge in [-0.1, -0.05) is 0 Å². The molecule has 0 saturated carbocycles. The molecule has 86 valence electrons. The molecule has 0 fully saturated rings. The van der Waals surface area contributed by atoms with E-state index < -0.39 is 0 Å². The molecule has 0 amide bonds. The first-order chi connectivity index (χ1) is 8.24. The first-order valence-electron chi connectivity index (χ1n) is 5.13. The first-order valence-corrected chi connectivity index (χ1v) is 6.48. The van der Waals surface area contributed by atoms with Gasteiger partial charge in [0.25, 0.3) is 0 Å². The standard InChI is InChI=1S/C12H9FN2S2/c13-9-1-2-11-10(5-9)14-12(16)15(11)6-8-3-4-17-7-8/h1-5,7H,6H2,(H,14,16). The van der Waals surface area contributed by atoms with Crippen molar-refractivity contribution in [3.05, 3.63) is 51.2 Å². The smallest absolute Gasteiger partial charge is 0.178 e. The molecule has 0 unspecified atom stereocenters. The van der Waals surface area contributed by atoms with Crippen LogP contribution in [0.2, 0.25) is 0 Å². The number of aromatic amines is 1. The minimum absolute atomic E-state index is 0.253. The summed E-state index contributed by atoms with van der Waals surface area (Å²) in [6.45, 7) is 0.716. The largest absolute Gasteiger partial charge is 0.330 e. The number of thiophene rings is 1. The van der Waals surface area contributed by atoms with Gasteiger partial charge in [-0.25, -0.2) is 4.39 Å². The van der Waals surface area contributed by atoms with E-state index in [1.807, 2.05) is 9.95 Å². The third-order valence-electron chi connectivity index (χ3n) is 2.66. The van der Waals surface area contributed by atoms with E-state index in [-0.39, 0.29) is 5.82 Å². The van der Waals surface area contributed by atoms with Gasteiger partial charge < -0.3 is 9.55 Å². The Morgan fingerprint density at radius 2 is 2.24 bits per heavy atom. The monoisotopic (exact) mass is 264 g/mol. The lowest BCUT2D eigenvalue weighted by atomic mass is 10.3. The van der Waals surface area contributed by atoms with Crippen LogP contribution in [-0.2, 0) is 6.54 Å². The Hall–Kier alpha value is -1.46. The number of aromatic nitrogens is 2. The van der Waals surface area contributed by atoms with Gasteiger partial charge in [0.1, 0.15) is 5.82 Å². The van der Waals surface area contributed by atoms with Crippen molar-refractivity contribution in [3.8, 4) is 0 Å². The normalized spacial score (nSPS) is 11.1. The van der Waals surface area contributed by atoms with Crippen LogP contribution in [0.5, 0.6) is 0 Å². The number of nitrogens with zero attached hydrogens (tertiary/aromatic N) is 1. The summed E-state index contributed by atoms with van der Waals surface area (Å²) in [5.41, 5.74) is 2.88. The average Bonchev–Trinajstić information content (AvgIpc) is 2.88. The first kappa shape index (κ1) is 10.7. The van der Waals surface area contributed by atoms with E-state index >= 15 is 0 Å². The number of imidazole rings is 1. The highest BCUT2D eigenvalue weighted by Crippen LogP contribution is 2.18. The number of H-pyrrole nitrogens is 1. The minimum atomic E-state index is -0.253. The van der Waals surface area contributed by atoms with Gasteiger partial charge in [0, 0.05) is 0 Å². The summed E-state index contributed by atoms with van der Waals surface area (Å²) >= 11 is 6.92. The van der Waals surface area contributed by atoms with Crippen LogP contribution in [0.1, 0.15) is 5.56 Å². The number of hydrogen-bond acceptors (Lipinski definition) is 2. The molecule has 0 aliphatic heterocycles. The Labute approximate surface area is 106 Å². The van der Waals surface area contributed by atoms with Crippen molar-refractivity contribution in [3.63, 3.8) is 0 Å². The van der Waals surface area contributed by atoms with E-state index in [0.29, 0.717) is 11.3 Å². The van der Waals surface area contributed by atoms with E-state index in [1.54, 1.807) is 17.4 Å². The van der Waals surface area contributed by atoms with Crippen LogP contribution in [0.3, 0.4) is 0 Å². The fourth-order valence-electron chi connectivity index (χ4n) is 1.86. The molecule has 3 aromatic rings. The van der Waals surface area contributed by atoms with Gasteiger partial charge in [-0.15, -0.1) is 0 Å². The number of nitrogens with one attached hydrogen (secondary N) is 1. The summed E-state index contributed by atoms with van der Waals surface area (Å²) in [4.78, 5) is 3.02. The van der Waals surface area contributed by atoms with E-state index in [1.165, 1.54) is 17.7 Å². The molecule has 2 aromatic heterocycles. The molecule has 2 nitrogen and oxygen atoms in total. The second-order valence-electron chi connectivity index (χ2n) is 3.81. The summed E-state index contributed by atoms with van der Waals surface area (Å²) in [6.07, 6.45) is 0. The van der Waals surface area contributed by atoms with Gasteiger partial charge in [0.2, 0.25) is 0 Å². The molecule has 0 aliphatic rings. The molecule has 5 heteroatoms. The van der Waals surface area contributed by atoms with Crippen molar-refractivity contribution in [2.24, 2.45) is 0 Å². The lowest BCUT2D eigenvalue weighted by Crippen LogP contribution is -1.98. The zero-order chi connectivity index (χ0) is 11.8. The van der Waals surface area contributed by atoms with Crippen LogP contribution in [0.25, 0.3) is 11.0 Å². The molecule has 0 atom stereocenters. The van der Waals surface area contributed by atoms with Crippen LogP contribution in [0.15, 0.2) is 35.0 Å². The molecule has 1 aromatic carbocycles. The fraction of sp³-hybridized carbons (Fsp3) is 0.0833. The number of halogens is 1. The molecular weight excluding hydrogens is 255 g/mol. The highest BCUT2D eigenvalue weighted by Gasteiger charge is 2.06. The molecule has 0 bridgehead atoms. The molecule has 3 rings (SSSR count). The van der Waals surface area contributed by atoms with Crippen LogP contribution in [0.4, 0.5) is 4.39 Å². The van der Waals surface area contributed by atoms with Gasteiger partial charge >= 0.3 is 0 Å². The molecule has 0 spiro atoms. The Kier molecular flexibility index (Phi) is 2.57.